The van der Waals surface area contributed by atoms with E-state index in [1.807, 2.05) is 24.0 Å². The van der Waals surface area contributed by atoms with Crippen molar-refractivity contribution in [3.05, 3.63) is 46.2 Å². The standard InChI is InChI=1S/C16H18FN3OS/c1-11-15(22-19-18-11)16(21)20-9-3-2-4-13(10-20)12-5-7-14(17)8-6-12/h5-8,13H,2-4,9-10H2,1H3/t13-/m0/s1. The molecule has 0 radical (unpaired) electrons. The average Bonchev–Trinajstić information content (AvgIpc) is 2.80. The predicted molar refractivity (Wildman–Crippen MR) is 83.5 cm³/mol. The number of carbonyl (C=O) groups excluding carboxylic acids is 1. The van der Waals surface area contributed by atoms with Gasteiger partial charge in [0, 0.05) is 19.0 Å². The van der Waals surface area contributed by atoms with Gasteiger partial charge in [0.2, 0.25) is 0 Å². The smallest absolute Gasteiger partial charge is 0.267 e. The molecule has 0 bridgehead atoms. The molecule has 1 amide bonds. The summed E-state index contributed by atoms with van der Waals surface area (Å²) in [7, 11) is 0. The molecule has 0 N–H and O–H groups in total. The van der Waals surface area contributed by atoms with Crippen molar-refractivity contribution in [1.82, 2.24) is 14.5 Å². The second kappa shape index (κ2) is 6.52. The highest BCUT2D eigenvalue weighted by Crippen LogP contribution is 2.28. The van der Waals surface area contributed by atoms with Gasteiger partial charge in [-0.1, -0.05) is 23.0 Å². The molecule has 1 aliphatic rings. The van der Waals surface area contributed by atoms with E-state index in [0.29, 0.717) is 17.1 Å². The first-order valence-electron chi connectivity index (χ1n) is 7.49. The summed E-state index contributed by atoms with van der Waals surface area (Å²) in [6.07, 6.45) is 3.09. The highest BCUT2D eigenvalue weighted by Gasteiger charge is 2.26. The van der Waals surface area contributed by atoms with Crippen LogP contribution in [0.2, 0.25) is 0 Å². The Labute approximate surface area is 133 Å². The van der Waals surface area contributed by atoms with Gasteiger partial charge in [-0.15, -0.1) is 5.10 Å². The third-order valence-electron chi connectivity index (χ3n) is 4.15. The molecule has 1 saturated heterocycles. The second-order valence-electron chi connectivity index (χ2n) is 5.68. The summed E-state index contributed by atoms with van der Waals surface area (Å²) < 4.78 is 16.9. The molecule has 1 aliphatic heterocycles. The van der Waals surface area contributed by atoms with Gasteiger partial charge in [-0.2, -0.15) is 0 Å². The molecule has 6 heteroatoms. The Morgan fingerprint density at radius 3 is 2.77 bits per heavy atom. The lowest BCUT2D eigenvalue weighted by Gasteiger charge is -2.24. The fourth-order valence-electron chi connectivity index (χ4n) is 2.90. The van der Waals surface area contributed by atoms with E-state index in [4.69, 9.17) is 0 Å². The molecular weight excluding hydrogens is 301 g/mol. The number of likely N-dealkylation sites (tertiary alicyclic amines) is 1. The van der Waals surface area contributed by atoms with Gasteiger partial charge < -0.3 is 4.90 Å². The van der Waals surface area contributed by atoms with Gasteiger partial charge in [-0.25, -0.2) is 4.39 Å². The van der Waals surface area contributed by atoms with E-state index in [2.05, 4.69) is 9.59 Å². The molecule has 116 valence electrons. The molecule has 0 unspecified atom stereocenters. The number of amides is 1. The molecule has 1 aromatic heterocycles. The van der Waals surface area contributed by atoms with Crippen LogP contribution in [0, 0.1) is 12.7 Å². The molecule has 2 aromatic rings. The van der Waals surface area contributed by atoms with Crippen LogP contribution in [-0.2, 0) is 0 Å². The molecule has 0 saturated carbocycles. The summed E-state index contributed by atoms with van der Waals surface area (Å²) >= 11 is 1.16. The number of benzene rings is 1. The van der Waals surface area contributed by atoms with E-state index in [1.54, 1.807) is 0 Å². The quantitative estimate of drug-likeness (QED) is 0.852. The van der Waals surface area contributed by atoms with Crippen LogP contribution in [0.25, 0.3) is 0 Å². The summed E-state index contributed by atoms with van der Waals surface area (Å²) in [6.45, 7) is 3.24. The number of rotatable bonds is 2. The average molecular weight is 319 g/mol. The van der Waals surface area contributed by atoms with Gasteiger partial charge in [0.1, 0.15) is 10.7 Å². The third-order valence-corrected chi connectivity index (χ3v) is 4.96. The van der Waals surface area contributed by atoms with Crippen molar-refractivity contribution in [2.24, 2.45) is 0 Å². The van der Waals surface area contributed by atoms with Gasteiger partial charge in [-0.3, -0.25) is 4.79 Å². The van der Waals surface area contributed by atoms with E-state index in [-0.39, 0.29) is 17.6 Å². The lowest BCUT2D eigenvalue weighted by Crippen LogP contribution is -2.34. The largest absolute Gasteiger partial charge is 0.337 e. The molecule has 22 heavy (non-hydrogen) atoms. The Bertz CT molecular complexity index is 656. The molecule has 0 spiro atoms. The zero-order valence-electron chi connectivity index (χ0n) is 12.5. The van der Waals surface area contributed by atoms with Crippen molar-refractivity contribution in [3.63, 3.8) is 0 Å². The zero-order valence-corrected chi connectivity index (χ0v) is 13.3. The Morgan fingerprint density at radius 2 is 2.09 bits per heavy atom. The van der Waals surface area contributed by atoms with Gasteiger partial charge in [0.25, 0.3) is 5.91 Å². The van der Waals surface area contributed by atoms with Crippen molar-refractivity contribution in [3.8, 4) is 0 Å². The first-order valence-corrected chi connectivity index (χ1v) is 8.26. The maximum atomic E-state index is 13.1. The molecule has 2 heterocycles. The van der Waals surface area contributed by atoms with Crippen molar-refractivity contribution in [1.29, 1.82) is 0 Å². The van der Waals surface area contributed by atoms with E-state index in [9.17, 15) is 9.18 Å². The number of aryl methyl sites for hydroxylation is 1. The fourth-order valence-corrected chi connectivity index (χ4v) is 3.53. The van der Waals surface area contributed by atoms with Crippen molar-refractivity contribution >= 4 is 17.4 Å². The molecule has 1 fully saturated rings. The van der Waals surface area contributed by atoms with Crippen LogP contribution >= 0.6 is 11.5 Å². The normalized spacial score (nSPS) is 19.0. The molecular formula is C16H18FN3OS. The van der Waals surface area contributed by atoms with Crippen LogP contribution < -0.4 is 0 Å². The number of aromatic nitrogens is 2. The lowest BCUT2D eigenvalue weighted by atomic mass is 9.94. The number of hydrogen-bond acceptors (Lipinski definition) is 4. The number of hydrogen-bond donors (Lipinski definition) is 0. The van der Waals surface area contributed by atoms with Crippen LogP contribution in [0.5, 0.6) is 0 Å². The predicted octanol–water partition coefficient (Wildman–Crippen LogP) is 3.40. The van der Waals surface area contributed by atoms with Gasteiger partial charge >= 0.3 is 0 Å². The van der Waals surface area contributed by atoms with Crippen molar-refractivity contribution in [2.45, 2.75) is 32.1 Å². The molecule has 1 aromatic carbocycles. The van der Waals surface area contributed by atoms with Crippen LogP contribution in [-0.4, -0.2) is 33.5 Å². The Morgan fingerprint density at radius 1 is 1.32 bits per heavy atom. The first kappa shape index (κ1) is 15.1. The fraction of sp³-hybridized carbons (Fsp3) is 0.438. The Kier molecular flexibility index (Phi) is 4.47. The second-order valence-corrected chi connectivity index (χ2v) is 6.44. The van der Waals surface area contributed by atoms with Crippen LogP contribution in [0.1, 0.15) is 46.1 Å². The summed E-state index contributed by atoms with van der Waals surface area (Å²) in [6, 6.07) is 6.63. The molecule has 4 nitrogen and oxygen atoms in total. The first-order chi connectivity index (χ1) is 10.6. The number of carbonyl (C=O) groups is 1. The van der Waals surface area contributed by atoms with Crippen molar-refractivity contribution in [2.75, 3.05) is 13.1 Å². The Hall–Kier alpha value is -1.82. The van der Waals surface area contributed by atoms with E-state index in [1.165, 1.54) is 12.1 Å². The topological polar surface area (TPSA) is 46.1 Å². The minimum atomic E-state index is -0.225. The number of halogens is 1. The minimum absolute atomic E-state index is 0.0153. The van der Waals surface area contributed by atoms with Gasteiger partial charge in [0.05, 0.1) is 5.69 Å². The van der Waals surface area contributed by atoms with E-state index >= 15 is 0 Å². The van der Waals surface area contributed by atoms with Crippen LogP contribution in [0.15, 0.2) is 24.3 Å². The van der Waals surface area contributed by atoms with Crippen LogP contribution in [0.4, 0.5) is 4.39 Å². The molecule has 0 aliphatic carbocycles. The highest BCUT2D eigenvalue weighted by molar-refractivity contribution is 7.07. The zero-order chi connectivity index (χ0) is 15.5. The third kappa shape index (κ3) is 3.16. The minimum Gasteiger partial charge on any atom is -0.337 e. The summed E-state index contributed by atoms with van der Waals surface area (Å²) in [5.74, 6) is 0.0476. The van der Waals surface area contributed by atoms with Gasteiger partial charge in [0.15, 0.2) is 0 Å². The van der Waals surface area contributed by atoms with Crippen molar-refractivity contribution < 1.29 is 9.18 Å². The monoisotopic (exact) mass is 319 g/mol. The lowest BCUT2D eigenvalue weighted by molar-refractivity contribution is 0.0758. The molecule has 1 atom stereocenters. The van der Waals surface area contributed by atoms with E-state index < -0.39 is 0 Å². The Balaban J connectivity index is 1.79. The molecule has 3 rings (SSSR count). The maximum Gasteiger partial charge on any atom is 0.267 e. The van der Waals surface area contributed by atoms with Gasteiger partial charge in [-0.05, 0) is 49.0 Å². The summed E-state index contributed by atoms with van der Waals surface area (Å²) in [4.78, 5) is 15.2. The summed E-state index contributed by atoms with van der Waals surface area (Å²) in [5, 5.41) is 3.92. The SMILES string of the molecule is Cc1nnsc1C(=O)N1CCCC[C@H](c2ccc(F)cc2)C1. The number of nitrogens with zero attached hydrogens (tertiary/aromatic N) is 3. The summed E-state index contributed by atoms with van der Waals surface area (Å²) in [5.41, 5.74) is 1.79. The highest BCUT2D eigenvalue weighted by atomic mass is 32.1. The van der Waals surface area contributed by atoms with E-state index in [0.717, 1.165) is 42.9 Å². The van der Waals surface area contributed by atoms with Crippen LogP contribution in [0.3, 0.4) is 0 Å². The maximum absolute atomic E-state index is 13.1.